The number of pyridine rings is 1. The number of rotatable bonds is 3. The zero-order chi connectivity index (χ0) is 12.4. The van der Waals surface area contributed by atoms with Crippen molar-refractivity contribution < 1.29 is 4.79 Å². The third kappa shape index (κ3) is 2.49. The van der Waals surface area contributed by atoms with Gasteiger partial charge in [-0.15, -0.1) is 11.3 Å². The summed E-state index contributed by atoms with van der Waals surface area (Å²) in [4.78, 5) is 18.6. The second-order valence-electron chi connectivity index (χ2n) is 4.32. The van der Waals surface area contributed by atoms with Gasteiger partial charge in [0.1, 0.15) is 0 Å². The first kappa shape index (κ1) is 11.9. The van der Waals surface area contributed by atoms with Gasteiger partial charge in [-0.2, -0.15) is 11.8 Å². The van der Waals surface area contributed by atoms with Crippen LogP contribution in [0.3, 0.4) is 0 Å². The molecule has 0 aromatic carbocycles. The number of thioether (sulfide) groups is 1. The third-order valence-corrected chi connectivity index (χ3v) is 5.28. The van der Waals surface area contributed by atoms with Crippen LogP contribution in [0.2, 0.25) is 0 Å². The van der Waals surface area contributed by atoms with Gasteiger partial charge in [-0.05, 0) is 35.4 Å². The first-order valence-electron chi connectivity index (χ1n) is 5.94. The molecule has 0 N–H and O–H groups in total. The van der Waals surface area contributed by atoms with Crippen molar-refractivity contribution in [2.75, 3.05) is 5.75 Å². The lowest BCUT2D eigenvalue weighted by Crippen LogP contribution is -2.01. The first-order chi connectivity index (χ1) is 8.83. The molecule has 0 unspecified atom stereocenters. The molecule has 18 heavy (non-hydrogen) atoms. The largest absolute Gasteiger partial charge is 0.293 e. The van der Waals surface area contributed by atoms with E-state index in [1.165, 1.54) is 16.2 Å². The predicted molar refractivity (Wildman–Crippen MR) is 76.5 cm³/mol. The lowest BCUT2D eigenvalue weighted by atomic mass is 10.1. The topological polar surface area (TPSA) is 30.0 Å². The molecular formula is C14H13NOS2. The number of fused-ring (bicyclic) bond motifs is 1. The Hall–Kier alpha value is -1.13. The van der Waals surface area contributed by atoms with E-state index in [9.17, 15) is 4.79 Å². The van der Waals surface area contributed by atoms with Crippen LogP contribution in [0.5, 0.6) is 0 Å². The number of ketones is 1. The van der Waals surface area contributed by atoms with E-state index in [0.717, 1.165) is 22.6 Å². The summed E-state index contributed by atoms with van der Waals surface area (Å²) in [5.74, 6) is 2.46. The fraction of sp³-hybridized carbons (Fsp3) is 0.286. The molecule has 4 heteroatoms. The Balaban J connectivity index is 1.78. The number of hydrogen-bond donors (Lipinski definition) is 0. The van der Waals surface area contributed by atoms with Gasteiger partial charge in [0.15, 0.2) is 5.78 Å². The molecule has 2 aromatic heterocycles. The van der Waals surface area contributed by atoms with Crippen molar-refractivity contribution in [1.82, 2.24) is 4.98 Å². The van der Waals surface area contributed by atoms with Crippen molar-refractivity contribution in [3.8, 4) is 0 Å². The quantitative estimate of drug-likeness (QED) is 0.805. The zero-order valence-electron chi connectivity index (χ0n) is 9.89. The van der Waals surface area contributed by atoms with Crippen molar-refractivity contribution in [2.45, 2.75) is 18.6 Å². The molecule has 3 rings (SSSR count). The molecule has 0 saturated carbocycles. The fourth-order valence-electron chi connectivity index (χ4n) is 2.06. The molecule has 92 valence electrons. The summed E-state index contributed by atoms with van der Waals surface area (Å²) < 4.78 is 0. The number of carbonyl (C=O) groups is 1. The molecule has 1 aliphatic rings. The van der Waals surface area contributed by atoms with Gasteiger partial charge in [-0.1, -0.05) is 6.07 Å². The summed E-state index contributed by atoms with van der Waals surface area (Å²) in [5, 5.41) is 0. The Kier molecular flexibility index (Phi) is 3.48. The SMILES string of the molecule is O=C(Cc1cccnc1)c1cc2c(s1)CCSC2. The van der Waals surface area contributed by atoms with Gasteiger partial charge >= 0.3 is 0 Å². The molecule has 0 spiro atoms. The van der Waals surface area contributed by atoms with Crippen LogP contribution in [0.25, 0.3) is 0 Å². The highest BCUT2D eigenvalue weighted by Gasteiger charge is 2.17. The van der Waals surface area contributed by atoms with E-state index in [4.69, 9.17) is 0 Å². The van der Waals surface area contributed by atoms with Crippen molar-refractivity contribution in [1.29, 1.82) is 0 Å². The van der Waals surface area contributed by atoms with E-state index in [1.54, 1.807) is 23.7 Å². The van der Waals surface area contributed by atoms with E-state index in [1.807, 2.05) is 23.9 Å². The van der Waals surface area contributed by atoms with Crippen LogP contribution in [0.1, 0.15) is 25.7 Å². The third-order valence-electron chi connectivity index (χ3n) is 2.99. The molecule has 0 atom stereocenters. The summed E-state index contributed by atoms with van der Waals surface area (Å²) in [6, 6.07) is 5.91. The standard InChI is InChI=1S/C14H13NOS2/c16-12(6-10-2-1-4-15-8-10)14-7-11-9-17-5-3-13(11)18-14/h1-2,4,7-8H,3,5-6,9H2. The average molecular weight is 275 g/mol. The van der Waals surface area contributed by atoms with E-state index in [0.29, 0.717) is 6.42 Å². The maximum absolute atomic E-state index is 12.2. The molecule has 3 heterocycles. The van der Waals surface area contributed by atoms with Crippen molar-refractivity contribution in [3.05, 3.63) is 51.5 Å². The molecule has 0 amide bonds. The fourth-order valence-corrected chi connectivity index (χ4v) is 4.37. The minimum atomic E-state index is 0.215. The van der Waals surface area contributed by atoms with Gasteiger partial charge in [0.25, 0.3) is 0 Å². The molecule has 0 bridgehead atoms. The van der Waals surface area contributed by atoms with E-state index in [-0.39, 0.29) is 5.78 Å². The van der Waals surface area contributed by atoms with Crippen LogP contribution >= 0.6 is 23.1 Å². The molecule has 1 aliphatic heterocycles. The number of nitrogens with zero attached hydrogens (tertiary/aromatic N) is 1. The van der Waals surface area contributed by atoms with Crippen LogP contribution in [0, 0.1) is 0 Å². The Morgan fingerprint density at radius 1 is 1.44 bits per heavy atom. The second kappa shape index (κ2) is 5.24. The van der Waals surface area contributed by atoms with Gasteiger partial charge in [0.05, 0.1) is 4.88 Å². The van der Waals surface area contributed by atoms with Gasteiger partial charge in [0, 0.05) is 29.4 Å². The second-order valence-corrected chi connectivity index (χ2v) is 6.56. The van der Waals surface area contributed by atoms with Crippen molar-refractivity contribution in [2.24, 2.45) is 0 Å². The van der Waals surface area contributed by atoms with Crippen LogP contribution in [-0.4, -0.2) is 16.5 Å². The molecule has 0 saturated heterocycles. The maximum Gasteiger partial charge on any atom is 0.177 e. The molecule has 0 fully saturated rings. The lowest BCUT2D eigenvalue weighted by molar-refractivity contribution is 0.0996. The van der Waals surface area contributed by atoms with Gasteiger partial charge < -0.3 is 0 Å². The lowest BCUT2D eigenvalue weighted by Gasteiger charge is -2.08. The van der Waals surface area contributed by atoms with E-state index >= 15 is 0 Å². The van der Waals surface area contributed by atoms with Crippen LogP contribution in [0.15, 0.2) is 30.6 Å². The highest BCUT2D eigenvalue weighted by atomic mass is 32.2. The maximum atomic E-state index is 12.2. The summed E-state index contributed by atoms with van der Waals surface area (Å²) in [6.07, 6.45) is 5.07. The highest BCUT2D eigenvalue weighted by molar-refractivity contribution is 7.98. The van der Waals surface area contributed by atoms with Gasteiger partial charge in [-0.25, -0.2) is 0 Å². The monoisotopic (exact) mass is 275 g/mol. The molecule has 0 aliphatic carbocycles. The normalized spacial score (nSPS) is 14.2. The Morgan fingerprint density at radius 2 is 2.39 bits per heavy atom. The van der Waals surface area contributed by atoms with Gasteiger partial charge in [-0.3, -0.25) is 9.78 Å². The Bertz CT molecular complexity index is 539. The van der Waals surface area contributed by atoms with Crippen LogP contribution in [-0.2, 0) is 18.6 Å². The Labute approximate surface area is 114 Å². The predicted octanol–water partition coefficient (Wildman–Crippen LogP) is 3.36. The van der Waals surface area contributed by atoms with E-state index < -0.39 is 0 Å². The number of hydrogen-bond acceptors (Lipinski definition) is 4. The van der Waals surface area contributed by atoms with Crippen molar-refractivity contribution >= 4 is 28.9 Å². The average Bonchev–Trinajstić information content (AvgIpc) is 2.84. The first-order valence-corrected chi connectivity index (χ1v) is 7.91. The smallest absolute Gasteiger partial charge is 0.177 e. The minimum absolute atomic E-state index is 0.215. The van der Waals surface area contributed by atoms with Crippen LogP contribution in [0.4, 0.5) is 0 Å². The minimum Gasteiger partial charge on any atom is -0.293 e. The summed E-state index contributed by atoms with van der Waals surface area (Å²) >= 11 is 3.63. The number of aryl methyl sites for hydroxylation is 1. The summed E-state index contributed by atoms with van der Waals surface area (Å²) in [6.45, 7) is 0. The van der Waals surface area contributed by atoms with E-state index in [2.05, 4.69) is 11.1 Å². The summed E-state index contributed by atoms with van der Waals surface area (Å²) in [5.41, 5.74) is 2.36. The molecule has 0 radical (unpaired) electrons. The number of aromatic nitrogens is 1. The Morgan fingerprint density at radius 3 is 3.17 bits per heavy atom. The van der Waals surface area contributed by atoms with Crippen molar-refractivity contribution in [3.63, 3.8) is 0 Å². The molecule has 2 nitrogen and oxygen atoms in total. The highest BCUT2D eigenvalue weighted by Crippen LogP contribution is 2.32. The number of carbonyl (C=O) groups excluding carboxylic acids is 1. The van der Waals surface area contributed by atoms with Crippen LogP contribution < -0.4 is 0 Å². The number of thiophene rings is 1. The van der Waals surface area contributed by atoms with Gasteiger partial charge in [0.2, 0.25) is 0 Å². The zero-order valence-corrected chi connectivity index (χ0v) is 11.5. The molecular weight excluding hydrogens is 262 g/mol. The summed E-state index contributed by atoms with van der Waals surface area (Å²) in [7, 11) is 0. The molecule has 2 aromatic rings. The number of Topliss-reactive ketones (excluding diaryl/α,β-unsaturated/α-hetero) is 1.